The molecule has 2 N–H and O–H groups in total. The van der Waals surface area contributed by atoms with Crippen molar-refractivity contribution in [3.8, 4) is 5.75 Å². The summed E-state index contributed by atoms with van der Waals surface area (Å²) < 4.78 is 5.12. The summed E-state index contributed by atoms with van der Waals surface area (Å²) in [5, 5.41) is 5.05. The van der Waals surface area contributed by atoms with Gasteiger partial charge in [-0.2, -0.15) is 5.10 Å². The van der Waals surface area contributed by atoms with Gasteiger partial charge in [-0.05, 0) is 42.8 Å². The van der Waals surface area contributed by atoms with Crippen LogP contribution < -0.4 is 10.2 Å². The molecule has 0 aliphatic heterocycles. The lowest BCUT2D eigenvalue weighted by Crippen LogP contribution is -2.19. The van der Waals surface area contributed by atoms with Gasteiger partial charge < -0.3 is 9.72 Å². The van der Waals surface area contributed by atoms with Crippen molar-refractivity contribution in [1.29, 1.82) is 0 Å². The molecule has 0 aliphatic rings. The van der Waals surface area contributed by atoms with E-state index in [4.69, 9.17) is 4.74 Å². The lowest BCUT2D eigenvalue weighted by molar-refractivity contribution is 0.0956. The van der Waals surface area contributed by atoms with Crippen LogP contribution in [0, 0.1) is 0 Å². The number of carbonyl (C=O) groups is 1. The standard InChI is InChI=1S/C18H17N3O2/c1-12(13-7-9-14(23-2)10-8-13)20-21-18(22)16-11-19-17-6-4-3-5-15(16)17/h3-11,19H,1-2H3,(H,21,22). The number of hydrazone groups is 1. The SMILES string of the molecule is COc1ccc(C(C)=NNC(=O)c2c[nH]c3ccccc23)cc1. The molecule has 5 nitrogen and oxygen atoms in total. The highest BCUT2D eigenvalue weighted by atomic mass is 16.5. The number of ether oxygens (including phenoxy) is 1. The minimum atomic E-state index is -0.240. The van der Waals surface area contributed by atoms with Crippen molar-refractivity contribution in [3.63, 3.8) is 0 Å². The summed E-state index contributed by atoms with van der Waals surface area (Å²) >= 11 is 0. The molecule has 5 heteroatoms. The maximum Gasteiger partial charge on any atom is 0.273 e. The van der Waals surface area contributed by atoms with E-state index in [0.717, 1.165) is 27.9 Å². The Kier molecular flexibility index (Phi) is 4.10. The Hall–Kier alpha value is -3.08. The normalized spacial score (nSPS) is 11.5. The van der Waals surface area contributed by atoms with Gasteiger partial charge in [0.15, 0.2) is 0 Å². The predicted molar refractivity (Wildman–Crippen MR) is 91.0 cm³/mol. The Morgan fingerprint density at radius 1 is 1.13 bits per heavy atom. The molecule has 0 unspecified atom stereocenters. The first-order chi connectivity index (χ1) is 11.2. The van der Waals surface area contributed by atoms with Crippen LogP contribution in [0.1, 0.15) is 22.8 Å². The maximum absolute atomic E-state index is 12.3. The number of benzene rings is 2. The molecular formula is C18H17N3O2. The minimum absolute atomic E-state index is 0.240. The number of aromatic nitrogens is 1. The van der Waals surface area contributed by atoms with E-state index < -0.39 is 0 Å². The van der Waals surface area contributed by atoms with Crippen LogP contribution in [0.25, 0.3) is 10.9 Å². The van der Waals surface area contributed by atoms with Gasteiger partial charge in [0, 0.05) is 17.1 Å². The first-order valence-corrected chi connectivity index (χ1v) is 7.24. The zero-order valence-corrected chi connectivity index (χ0v) is 13.0. The summed E-state index contributed by atoms with van der Waals surface area (Å²) in [7, 11) is 1.62. The highest BCUT2D eigenvalue weighted by Crippen LogP contribution is 2.17. The largest absolute Gasteiger partial charge is 0.497 e. The van der Waals surface area contributed by atoms with E-state index in [1.54, 1.807) is 13.3 Å². The molecule has 1 aromatic heterocycles. The lowest BCUT2D eigenvalue weighted by atomic mass is 10.1. The minimum Gasteiger partial charge on any atom is -0.497 e. The third-order valence-electron chi connectivity index (χ3n) is 3.67. The quantitative estimate of drug-likeness (QED) is 0.573. The summed E-state index contributed by atoms with van der Waals surface area (Å²) in [6, 6.07) is 15.2. The van der Waals surface area contributed by atoms with Crippen molar-refractivity contribution < 1.29 is 9.53 Å². The van der Waals surface area contributed by atoms with Crippen molar-refractivity contribution in [1.82, 2.24) is 10.4 Å². The third kappa shape index (κ3) is 3.08. The number of nitrogens with zero attached hydrogens (tertiary/aromatic N) is 1. The van der Waals surface area contributed by atoms with Crippen LogP contribution in [0.3, 0.4) is 0 Å². The smallest absolute Gasteiger partial charge is 0.273 e. The lowest BCUT2D eigenvalue weighted by Gasteiger charge is -2.04. The molecule has 0 spiro atoms. The number of amides is 1. The molecule has 0 fully saturated rings. The zero-order valence-electron chi connectivity index (χ0n) is 13.0. The maximum atomic E-state index is 12.3. The fourth-order valence-corrected chi connectivity index (χ4v) is 2.35. The number of carbonyl (C=O) groups excluding carboxylic acids is 1. The van der Waals surface area contributed by atoms with Crippen LogP contribution in [-0.4, -0.2) is 23.7 Å². The van der Waals surface area contributed by atoms with Crippen LogP contribution in [0.5, 0.6) is 5.75 Å². The summed E-state index contributed by atoms with van der Waals surface area (Å²) in [5.41, 5.74) is 5.75. The molecule has 116 valence electrons. The molecule has 2 aromatic carbocycles. The Morgan fingerprint density at radius 3 is 2.61 bits per heavy atom. The zero-order chi connectivity index (χ0) is 16.2. The summed E-state index contributed by atoms with van der Waals surface area (Å²) in [4.78, 5) is 15.4. The molecule has 3 aromatic rings. The number of methoxy groups -OCH3 is 1. The van der Waals surface area contributed by atoms with E-state index in [-0.39, 0.29) is 5.91 Å². The van der Waals surface area contributed by atoms with Crippen LogP contribution in [-0.2, 0) is 0 Å². The van der Waals surface area contributed by atoms with Crippen molar-refractivity contribution in [3.05, 3.63) is 65.9 Å². The van der Waals surface area contributed by atoms with E-state index in [1.807, 2.05) is 55.5 Å². The van der Waals surface area contributed by atoms with Crippen LogP contribution >= 0.6 is 0 Å². The van der Waals surface area contributed by atoms with Gasteiger partial charge in [0.2, 0.25) is 0 Å². The topological polar surface area (TPSA) is 66.5 Å². The number of H-pyrrole nitrogens is 1. The van der Waals surface area contributed by atoms with Crippen molar-refractivity contribution in [2.75, 3.05) is 7.11 Å². The van der Waals surface area contributed by atoms with Gasteiger partial charge in [0.1, 0.15) is 5.75 Å². The Labute approximate surface area is 134 Å². The molecule has 0 aliphatic carbocycles. The molecule has 0 saturated carbocycles. The van der Waals surface area contributed by atoms with Gasteiger partial charge in [-0.3, -0.25) is 4.79 Å². The highest BCUT2D eigenvalue weighted by Gasteiger charge is 2.11. The number of nitrogens with one attached hydrogen (secondary N) is 2. The van der Waals surface area contributed by atoms with E-state index in [9.17, 15) is 4.79 Å². The molecule has 3 rings (SSSR count). The molecule has 0 atom stereocenters. The Balaban J connectivity index is 1.76. The van der Waals surface area contributed by atoms with E-state index >= 15 is 0 Å². The van der Waals surface area contributed by atoms with Gasteiger partial charge in [0.05, 0.1) is 18.4 Å². The van der Waals surface area contributed by atoms with Gasteiger partial charge >= 0.3 is 0 Å². The van der Waals surface area contributed by atoms with E-state index in [2.05, 4.69) is 15.5 Å². The van der Waals surface area contributed by atoms with Gasteiger partial charge in [-0.15, -0.1) is 0 Å². The fraction of sp³-hybridized carbons (Fsp3) is 0.111. The average Bonchev–Trinajstić information content (AvgIpc) is 3.03. The van der Waals surface area contributed by atoms with Crippen LogP contribution in [0.4, 0.5) is 0 Å². The number of para-hydroxylation sites is 1. The average molecular weight is 307 g/mol. The second-order valence-electron chi connectivity index (χ2n) is 5.11. The molecule has 0 bridgehead atoms. The number of rotatable bonds is 4. The van der Waals surface area contributed by atoms with E-state index in [1.165, 1.54) is 0 Å². The molecular weight excluding hydrogens is 290 g/mol. The highest BCUT2D eigenvalue weighted by molar-refractivity contribution is 6.07. The second-order valence-corrected chi connectivity index (χ2v) is 5.11. The van der Waals surface area contributed by atoms with Gasteiger partial charge in [0.25, 0.3) is 5.91 Å². The molecule has 23 heavy (non-hydrogen) atoms. The monoisotopic (exact) mass is 307 g/mol. The van der Waals surface area contributed by atoms with Crippen molar-refractivity contribution in [2.45, 2.75) is 6.92 Å². The first kappa shape index (κ1) is 14.8. The van der Waals surface area contributed by atoms with Gasteiger partial charge in [-0.1, -0.05) is 18.2 Å². The Bertz CT molecular complexity index is 863. The van der Waals surface area contributed by atoms with E-state index in [0.29, 0.717) is 5.56 Å². The number of hydrogen-bond donors (Lipinski definition) is 2. The van der Waals surface area contributed by atoms with Crippen molar-refractivity contribution >= 4 is 22.5 Å². The number of aromatic amines is 1. The molecule has 1 heterocycles. The third-order valence-corrected chi connectivity index (χ3v) is 3.67. The summed E-state index contributed by atoms with van der Waals surface area (Å²) in [6.07, 6.45) is 1.69. The van der Waals surface area contributed by atoms with Crippen LogP contribution in [0.15, 0.2) is 59.8 Å². The molecule has 0 saturated heterocycles. The first-order valence-electron chi connectivity index (χ1n) is 7.24. The van der Waals surface area contributed by atoms with Gasteiger partial charge in [-0.25, -0.2) is 5.43 Å². The Morgan fingerprint density at radius 2 is 1.87 bits per heavy atom. The number of fused-ring (bicyclic) bond motifs is 1. The predicted octanol–water partition coefficient (Wildman–Crippen LogP) is 3.33. The fourth-order valence-electron chi connectivity index (χ4n) is 2.35. The molecule has 1 amide bonds. The molecule has 0 radical (unpaired) electrons. The summed E-state index contributed by atoms with van der Waals surface area (Å²) in [6.45, 7) is 1.84. The summed E-state index contributed by atoms with van der Waals surface area (Å²) in [5.74, 6) is 0.541. The van der Waals surface area contributed by atoms with Crippen molar-refractivity contribution in [2.24, 2.45) is 5.10 Å². The number of hydrogen-bond acceptors (Lipinski definition) is 3. The second kappa shape index (κ2) is 6.36. The van der Waals surface area contributed by atoms with Crippen LogP contribution in [0.2, 0.25) is 0 Å².